The van der Waals surface area contributed by atoms with E-state index in [1.165, 1.54) is 43.3 Å². The van der Waals surface area contributed by atoms with Crippen LogP contribution in [-0.2, 0) is 20.8 Å². The number of nitrogens with zero attached hydrogens (tertiary/aromatic N) is 1. The summed E-state index contributed by atoms with van der Waals surface area (Å²) in [6, 6.07) is 13.2. The van der Waals surface area contributed by atoms with Crippen LogP contribution in [0.3, 0.4) is 0 Å². The van der Waals surface area contributed by atoms with Gasteiger partial charge in [-0.1, -0.05) is 12.1 Å². The van der Waals surface area contributed by atoms with Gasteiger partial charge in [0.25, 0.3) is 5.91 Å². The van der Waals surface area contributed by atoms with Crippen molar-refractivity contribution in [1.82, 2.24) is 10.6 Å². The number of hydrogen-bond donors (Lipinski definition) is 9. The van der Waals surface area contributed by atoms with Crippen LogP contribution in [0.4, 0.5) is 11.4 Å². The molecular weight excluding hydrogens is 704 g/mol. The lowest BCUT2D eigenvalue weighted by Gasteiger charge is -2.22. The number of unbranched alkanes of at least 4 members (excludes halogenated alkanes) is 1. The summed E-state index contributed by atoms with van der Waals surface area (Å²) in [6.45, 7) is 7.38. The molecule has 0 aliphatic rings. The number of aromatic hydroxyl groups is 2. The SMILES string of the molecule is CCN(CC)c1ccc(/C=C(\C)C(=O)Oc2ccc([NH+]=C(N)N)cc2C(=O)N[C@@H](CCCCN)C(=O)N[C@@H](Cc2ccc(O)cc2)C(N)=O)c(O)c1.[Cl-]. The largest absolute Gasteiger partial charge is 1.00 e. The zero-order valence-electron chi connectivity index (χ0n) is 30.0. The number of hydrogen-bond acceptors (Lipinski definition) is 9. The molecule has 15 nitrogen and oxygen atoms in total. The number of esters is 1. The summed E-state index contributed by atoms with van der Waals surface area (Å²) in [4.78, 5) is 57.8. The van der Waals surface area contributed by atoms with Gasteiger partial charge in [-0.2, -0.15) is 0 Å². The number of guanidine groups is 1. The number of benzene rings is 3. The Labute approximate surface area is 314 Å². The molecule has 53 heavy (non-hydrogen) atoms. The molecule has 286 valence electrons. The number of nitrogens with one attached hydrogen (secondary N) is 3. The minimum absolute atomic E-state index is 0. The Kier molecular flexibility index (Phi) is 17.1. The first kappa shape index (κ1) is 43.4. The van der Waals surface area contributed by atoms with Gasteiger partial charge in [-0.05, 0) is 101 Å². The van der Waals surface area contributed by atoms with Crippen molar-refractivity contribution >= 4 is 47.1 Å². The van der Waals surface area contributed by atoms with E-state index in [0.29, 0.717) is 36.2 Å². The van der Waals surface area contributed by atoms with Crippen molar-refractivity contribution in [2.45, 2.75) is 58.5 Å². The van der Waals surface area contributed by atoms with Crippen LogP contribution in [0.2, 0.25) is 0 Å². The number of primary amides is 1. The van der Waals surface area contributed by atoms with Crippen LogP contribution < -0.4 is 60.6 Å². The molecule has 0 saturated heterocycles. The topological polar surface area (TPSA) is 263 Å². The average Bonchev–Trinajstić information content (AvgIpc) is 3.10. The van der Waals surface area contributed by atoms with E-state index < -0.39 is 35.8 Å². The highest BCUT2D eigenvalue weighted by Crippen LogP contribution is 2.28. The number of carbonyl (C=O) groups excluding carboxylic acids is 4. The third-order valence-electron chi connectivity index (χ3n) is 8.16. The maximum absolute atomic E-state index is 13.8. The first-order valence-corrected chi connectivity index (χ1v) is 16.9. The van der Waals surface area contributed by atoms with Gasteiger partial charge < -0.3 is 54.4 Å². The van der Waals surface area contributed by atoms with Crippen molar-refractivity contribution in [2.75, 3.05) is 24.5 Å². The lowest BCUT2D eigenvalue weighted by atomic mass is 10.0. The van der Waals surface area contributed by atoms with Crippen LogP contribution in [0.15, 0.2) is 66.2 Å². The molecule has 0 unspecified atom stereocenters. The third-order valence-corrected chi connectivity index (χ3v) is 8.16. The molecule has 0 fully saturated rings. The van der Waals surface area contributed by atoms with Gasteiger partial charge in [0.1, 0.15) is 35.0 Å². The van der Waals surface area contributed by atoms with Gasteiger partial charge in [0.05, 0.1) is 5.56 Å². The number of amides is 3. The number of phenols is 2. The molecule has 0 aliphatic carbocycles. The number of rotatable bonds is 18. The van der Waals surface area contributed by atoms with E-state index in [0.717, 1.165) is 18.8 Å². The van der Waals surface area contributed by atoms with E-state index in [-0.39, 0.29) is 59.6 Å². The molecule has 3 rings (SSSR count). The number of phenolic OH excluding ortho intramolecular Hbond substituents is 2. The van der Waals surface area contributed by atoms with Crippen molar-refractivity contribution in [3.63, 3.8) is 0 Å². The van der Waals surface area contributed by atoms with Crippen LogP contribution in [0.5, 0.6) is 17.2 Å². The minimum atomic E-state index is -1.14. The van der Waals surface area contributed by atoms with Gasteiger partial charge in [0.2, 0.25) is 11.8 Å². The number of ether oxygens (including phenoxy) is 1. The number of nitrogens with two attached hydrogens (primary N) is 4. The summed E-state index contributed by atoms with van der Waals surface area (Å²) in [5, 5.41) is 25.6. The number of halogens is 1. The molecule has 0 aromatic heterocycles. The van der Waals surface area contributed by atoms with Gasteiger partial charge in [-0.3, -0.25) is 25.9 Å². The fourth-order valence-electron chi connectivity index (χ4n) is 5.31. The van der Waals surface area contributed by atoms with Crippen LogP contribution in [0.25, 0.3) is 6.08 Å². The van der Waals surface area contributed by atoms with E-state index in [4.69, 9.17) is 27.7 Å². The Hall–Kier alpha value is -5.80. The fourth-order valence-corrected chi connectivity index (χ4v) is 5.31. The lowest BCUT2D eigenvalue weighted by molar-refractivity contribution is -0.356. The predicted molar refractivity (Wildman–Crippen MR) is 198 cm³/mol. The van der Waals surface area contributed by atoms with Gasteiger partial charge in [0.15, 0.2) is 0 Å². The second-order valence-corrected chi connectivity index (χ2v) is 12.1. The Balaban J connectivity index is 0.00000972. The van der Waals surface area contributed by atoms with E-state index in [1.807, 2.05) is 19.9 Å². The van der Waals surface area contributed by atoms with Crippen LogP contribution >= 0.6 is 0 Å². The maximum atomic E-state index is 13.8. The quantitative estimate of drug-likeness (QED) is 0.0162. The average molecular weight is 753 g/mol. The van der Waals surface area contributed by atoms with Crippen LogP contribution in [-0.4, -0.2) is 71.6 Å². The highest BCUT2D eigenvalue weighted by Gasteiger charge is 2.28. The molecule has 0 heterocycles. The van der Waals surface area contributed by atoms with Gasteiger partial charge in [-0.25, -0.2) is 9.79 Å². The molecule has 0 spiro atoms. The molecule has 13 N–H and O–H groups in total. The van der Waals surface area contributed by atoms with Gasteiger partial charge in [-0.15, -0.1) is 0 Å². The van der Waals surface area contributed by atoms with E-state index in [9.17, 15) is 29.4 Å². The van der Waals surface area contributed by atoms with Crippen LogP contribution in [0, 0.1) is 0 Å². The van der Waals surface area contributed by atoms with Crippen molar-refractivity contribution in [2.24, 2.45) is 22.9 Å². The molecule has 3 aromatic rings. The first-order chi connectivity index (χ1) is 24.8. The summed E-state index contributed by atoms with van der Waals surface area (Å²) < 4.78 is 5.66. The zero-order chi connectivity index (χ0) is 38.4. The smallest absolute Gasteiger partial charge is 0.343 e. The highest BCUT2D eigenvalue weighted by molar-refractivity contribution is 6.02. The summed E-state index contributed by atoms with van der Waals surface area (Å²) >= 11 is 0. The summed E-state index contributed by atoms with van der Waals surface area (Å²) in [5.41, 5.74) is 24.6. The second kappa shape index (κ2) is 20.9. The number of anilines is 1. The molecule has 0 saturated carbocycles. The van der Waals surface area contributed by atoms with Gasteiger partial charge >= 0.3 is 11.9 Å². The first-order valence-electron chi connectivity index (χ1n) is 16.9. The van der Waals surface area contributed by atoms with E-state index >= 15 is 0 Å². The third kappa shape index (κ3) is 13.0. The monoisotopic (exact) mass is 752 g/mol. The molecular formula is C37H49ClN8O7. The molecule has 0 bridgehead atoms. The Morgan fingerprint density at radius 2 is 1.58 bits per heavy atom. The normalized spacial score (nSPS) is 12.0. The Morgan fingerprint density at radius 3 is 2.17 bits per heavy atom. The highest BCUT2D eigenvalue weighted by atomic mass is 35.5. The molecule has 0 radical (unpaired) electrons. The van der Waals surface area contributed by atoms with Crippen molar-refractivity contribution in [3.8, 4) is 17.2 Å². The molecule has 0 aliphatic heterocycles. The Bertz CT molecular complexity index is 1790. The fraction of sp³-hybridized carbons (Fsp3) is 0.324. The van der Waals surface area contributed by atoms with Gasteiger partial charge in [0, 0.05) is 42.4 Å². The molecule has 3 aromatic carbocycles. The lowest BCUT2D eigenvalue weighted by Crippen LogP contribution is -3.00. The minimum Gasteiger partial charge on any atom is -1.00 e. The van der Waals surface area contributed by atoms with Crippen LogP contribution in [0.1, 0.15) is 61.5 Å². The number of carbonyl (C=O) groups is 4. The standard InChI is InChI=1S/C37H48N8O7.ClH/c1-4-45(5-2)26-13-11-24(31(47)21-26)18-22(3)36(51)52-32-16-12-25(42-37(40)41)20-28(32)34(49)43-29(8-6-7-17-38)35(50)44-30(33(39)48)19-23-9-14-27(46)15-10-23;/h9-16,18,20-21,29-30,46-47H,4-8,17,19,38H2,1-3H3,(H2,39,48)(H,43,49)(H,44,50)(H4,40,41,42);1H/b22-18+;/t29-,30-;/m0./s1. The maximum Gasteiger partial charge on any atom is 0.343 e. The summed E-state index contributed by atoms with van der Waals surface area (Å²) in [7, 11) is 0. The Morgan fingerprint density at radius 1 is 0.906 bits per heavy atom. The molecule has 16 heteroatoms. The molecule has 3 amide bonds. The van der Waals surface area contributed by atoms with Crippen molar-refractivity contribution < 1.29 is 51.5 Å². The van der Waals surface area contributed by atoms with E-state index in [2.05, 4.69) is 20.5 Å². The second-order valence-electron chi connectivity index (χ2n) is 12.1. The zero-order valence-corrected chi connectivity index (χ0v) is 30.8. The van der Waals surface area contributed by atoms with Crippen molar-refractivity contribution in [1.29, 1.82) is 0 Å². The van der Waals surface area contributed by atoms with Crippen molar-refractivity contribution in [3.05, 3.63) is 82.9 Å². The summed E-state index contributed by atoms with van der Waals surface area (Å²) in [5.74, 6) is -3.35. The predicted octanol–water partition coefficient (Wildman–Crippen LogP) is -2.62. The van der Waals surface area contributed by atoms with E-state index in [1.54, 1.807) is 24.3 Å². The molecule has 2 atom stereocenters. The summed E-state index contributed by atoms with van der Waals surface area (Å²) in [6.07, 6.45) is 2.69.